The van der Waals surface area contributed by atoms with Crippen LogP contribution in [0, 0.1) is 10.5 Å². The number of carbonyl (C=O) groups is 1. The smallest absolute Gasteiger partial charge is 0.322 e. The number of halogens is 4. The van der Waals surface area contributed by atoms with E-state index in [9.17, 15) is 18.0 Å². The molecule has 2 aromatic rings. The summed E-state index contributed by atoms with van der Waals surface area (Å²) in [6, 6.07) is 7.89. The predicted molar refractivity (Wildman–Crippen MR) is 123 cm³/mol. The summed E-state index contributed by atoms with van der Waals surface area (Å²) in [5.41, 5.74) is 2.03. The molecule has 4 nitrogen and oxygen atoms in total. The molecular weight excluding hydrogens is 518 g/mol. The molecule has 0 aromatic heterocycles. The van der Waals surface area contributed by atoms with Crippen molar-refractivity contribution in [3.63, 3.8) is 0 Å². The lowest BCUT2D eigenvalue weighted by atomic mass is 9.95. The van der Waals surface area contributed by atoms with Gasteiger partial charge in [0.1, 0.15) is 0 Å². The molecule has 1 N–H and O–H groups in total. The number of alkyl halides is 3. The van der Waals surface area contributed by atoms with Gasteiger partial charge in [-0.3, -0.25) is 9.69 Å². The van der Waals surface area contributed by atoms with Gasteiger partial charge >= 0.3 is 6.18 Å². The number of amides is 1. The molecule has 0 radical (unpaired) electrons. The molecule has 1 aliphatic carbocycles. The highest BCUT2D eigenvalue weighted by atomic mass is 127. The second kappa shape index (κ2) is 8.71. The summed E-state index contributed by atoms with van der Waals surface area (Å²) in [4.78, 5) is 17.2. The number of hydrogen-bond donors (Lipinski definition) is 1. The standard InChI is InChI=1S/C23H25F3IN3O/c1-14-3-5-17(13-19(14)27)28-22(31)16-11-15-4-6-20(30-9-7-29(2)8-10-30)21(15)18(12-16)23(24,25)26/h3,5,11-13,20H,4,6-10H2,1-2H3,(H,28,31). The summed E-state index contributed by atoms with van der Waals surface area (Å²) < 4.78 is 43.1. The molecule has 0 spiro atoms. The third kappa shape index (κ3) is 4.75. The summed E-state index contributed by atoms with van der Waals surface area (Å²) in [7, 11) is 2.03. The SMILES string of the molecule is Cc1ccc(NC(=O)c2cc3c(c(C(F)(F)F)c2)C(N2CCN(C)CC2)CC3)cc1I. The van der Waals surface area contributed by atoms with Crippen molar-refractivity contribution in [1.29, 1.82) is 0 Å². The number of nitrogens with zero attached hydrogens (tertiary/aromatic N) is 2. The third-order valence-corrected chi connectivity index (χ3v) is 7.42. The number of likely N-dealkylation sites (N-methyl/N-ethyl adjacent to an activating group) is 1. The fourth-order valence-electron chi connectivity index (χ4n) is 4.49. The van der Waals surface area contributed by atoms with E-state index in [0.717, 1.165) is 41.4 Å². The molecule has 1 heterocycles. The first kappa shape index (κ1) is 22.5. The van der Waals surface area contributed by atoms with E-state index in [-0.39, 0.29) is 11.6 Å². The average Bonchev–Trinajstić information content (AvgIpc) is 3.14. The van der Waals surface area contributed by atoms with Gasteiger partial charge in [0.15, 0.2) is 0 Å². The molecule has 166 valence electrons. The minimum Gasteiger partial charge on any atom is -0.322 e. The van der Waals surface area contributed by atoms with Crippen molar-refractivity contribution in [2.24, 2.45) is 0 Å². The van der Waals surface area contributed by atoms with Gasteiger partial charge in [0.05, 0.1) is 5.56 Å². The third-order valence-electron chi connectivity index (χ3n) is 6.26. The van der Waals surface area contributed by atoms with Gasteiger partial charge in [-0.25, -0.2) is 0 Å². The fraction of sp³-hybridized carbons (Fsp3) is 0.435. The van der Waals surface area contributed by atoms with Crippen molar-refractivity contribution in [3.05, 3.63) is 61.7 Å². The van der Waals surface area contributed by atoms with Crippen LogP contribution in [-0.2, 0) is 12.6 Å². The Morgan fingerprint density at radius 3 is 2.48 bits per heavy atom. The molecule has 0 saturated carbocycles. The number of hydrogen-bond acceptors (Lipinski definition) is 3. The van der Waals surface area contributed by atoms with Crippen LogP contribution in [0.1, 0.15) is 45.1 Å². The van der Waals surface area contributed by atoms with Gasteiger partial charge in [0.2, 0.25) is 0 Å². The summed E-state index contributed by atoms with van der Waals surface area (Å²) in [5, 5.41) is 2.75. The Hall–Kier alpha value is -1.65. The summed E-state index contributed by atoms with van der Waals surface area (Å²) >= 11 is 2.17. The molecular formula is C23H25F3IN3O. The van der Waals surface area contributed by atoms with Crippen LogP contribution in [0.3, 0.4) is 0 Å². The number of aryl methyl sites for hydroxylation is 2. The van der Waals surface area contributed by atoms with Gasteiger partial charge in [-0.15, -0.1) is 0 Å². The first-order valence-electron chi connectivity index (χ1n) is 10.4. The molecule has 4 rings (SSSR count). The van der Waals surface area contributed by atoms with E-state index in [2.05, 4.69) is 37.7 Å². The first-order chi connectivity index (χ1) is 14.6. The zero-order valence-corrected chi connectivity index (χ0v) is 19.7. The highest BCUT2D eigenvalue weighted by Gasteiger charge is 2.41. The Morgan fingerprint density at radius 2 is 1.84 bits per heavy atom. The number of rotatable bonds is 3. The van der Waals surface area contributed by atoms with Crippen molar-refractivity contribution in [2.75, 3.05) is 38.5 Å². The largest absolute Gasteiger partial charge is 0.416 e. The Balaban J connectivity index is 1.66. The van der Waals surface area contributed by atoms with Crippen molar-refractivity contribution in [3.8, 4) is 0 Å². The Morgan fingerprint density at radius 1 is 1.13 bits per heavy atom. The Labute approximate surface area is 193 Å². The lowest BCUT2D eigenvalue weighted by molar-refractivity contribution is -0.138. The van der Waals surface area contributed by atoms with Gasteiger partial charge in [-0.1, -0.05) is 6.07 Å². The molecule has 2 aromatic carbocycles. The zero-order chi connectivity index (χ0) is 22.3. The van der Waals surface area contributed by atoms with Crippen LogP contribution >= 0.6 is 22.6 Å². The minimum atomic E-state index is -4.51. The van der Waals surface area contributed by atoms with Gasteiger partial charge in [-0.2, -0.15) is 13.2 Å². The Kier molecular flexibility index (Phi) is 6.33. The number of carbonyl (C=O) groups excluding carboxylic acids is 1. The van der Waals surface area contributed by atoms with Gasteiger partial charge < -0.3 is 10.2 Å². The summed E-state index contributed by atoms with van der Waals surface area (Å²) in [5.74, 6) is -0.518. The highest BCUT2D eigenvalue weighted by Crippen LogP contribution is 2.45. The highest BCUT2D eigenvalue weighted by molar-refractivity contribution is 14.1. The van der Waals surface area contributed by atoms with Crippen LogP contribution in [0.4, 0.5) is 18.9 Å². The molecule has 1 unspecified atom stereocenters. The second-order valence-electron chi connectivity index (χ2n) is 8.41. The van der Waals surface area contributed by atoms with E-state index in [4.69, 9.17) is 0 Å². The molecule has 1 atom stereocenters. The number of fused-ring (bicyclic) bond motifs is 1. The minimum absolute atomic E-state index is 0.0562. The molecule has 1 saturated heterocycles. The van der Waals surface area contributed by atoms with Crippen molar-refractivity contribution < 1.29 is 18.0 Å². The average molecular weight is 543 g/mol. The van der Waals surface area contributed by atoms with Crippen molar-refractivity contribution in [2.45, 2.75) is 32.0 Å². The van der Waals surface area contributed by atoms with Crippen LogP contribution < -0.4 is 5.32 Å². The van der Waals surface area contributed by atoms with E-state index in [1.165, 1.54) is 0 Å². The number of anilines is 1. The first-order valence-corrected chi connectivity index (χ1v) is 11.5. The van der Waals surface area contributed by atoms with Crippen LogP contribution in [0.2, 0.25) is 0 Å². The van der Waals surface area contributed by atoms with Gasteiger partial charge in [0, 0.05) is 47.0 Å². The van der Waals surface area contributed by atoms with Crippen LogP contribution in [-0.4, -0.2) is 48.9 Å². The molecule has 1 amide bonds. The van der Waals surface area contributed by atoms with Crippen LogP contribution in [0.25, 0.3) is 0 Å². The summed E-state index contributed by atoms with van der Waals surface area (Å²) in [6.45, 7) is 5.17. The van der Waals surface area contributed by atoms with E-state index >= 15 is 0 Å². The van der Waals surface area contributed by atoms with E-state index in [0.29, 0.717) is 29.7 Å². The summed E-state index contributed by atoms with van der Waals surface area (Å²) in [6.07, 6.45) is -3.29. The number of nitrogens with one attached hydrogen (secondary N) is 1. The Bertz CT molecular complexity index is 1000. The topological polar surface area (TPSA) is 35.6 Å². The maximum absolute atomic E-state index is 14.1. The quantitative estimate of drug-likeness (QED) is 0.548. The monoisotopic (exact) mass is 543 g/mol. The van der Waals surface area contributed by atoms with Gasteiger partial charge in [-0.05, 0) is 90.4 Å². The zero-order valence-electron chi connectivity index (χ0n) is 17.5. The van der Waals surface area contributed by atoms with Crippen LogP contribution in [0.5, 0.6) is 0 Å². The molecule has 8 heteroatoms. The van der Waals surface area contributed by atoms with Crippen molar-refractivity contribution in [1.82, 2.24) is 9.80 Å². The lowest BCUT2D eigenvalue weighted by Crippen LogP contribution is -2.45. The molecule has 0 bridgehead atoms. The van der Waals surface area contributed by atoms with E-state index in [1.54, 1.807) is 12.1 Å². The van der Waals surface area contributed by atoms with E-state index < -0.39 is 17.6 Å². The van der Waals surface area contributed by atoms with Crippen LogP contribution in [0.15, 0.2) is 30.3 Å². The fourth-order valence-corrected chi connectivity index (χ4v) is 5.00. The van der Waals surface area contributed by atoms with Gasteiger partial charge in [0.25, 0.3) is 5.91 Å². The van der Waals surface area contributed by atoms with Crippen molar-refractivity contribution >= 4 is 34.2 Å². The van der Waals surface area contributed by atoms with E-state index in [1.807, 2.05) is 26.1 Å². The maximum atomic E-state index is 14.1. The molecule has 1 aliphatic heterocycles. The number of benzene rings is 2. The lowest BCUT2D eigenvalue weighted by Gasteiger charge is -2.37. The molecule has 2 aliphatic rings. The maximum Gasteiger partial charge on any atom is 0.416 e. The molecule has 1 fully saturated rings. The second-order valence-corrected chi connectivity index (χ2v) is 9.57. The predicted octanol–water partition coefficient (Wildman–Crippen LogP) is 5.11. The molecule has 31 heavy (non-hydrogen) atoms. The normalized spacial score (nSPS) is 20.0. The number of piperazine rings is 1.